The van der Waals surface area contributed by atoms with Crippen LogP contribution in [0.25, 0.3) is 0 Å². The Bertz CT molecular complexity index is 349. The molecular weight excluding hydrogens is 216 g/mol. The highest BCUT2D eigenvalue weighted by molar-refractivity contribution is 5.90. The molecule has 0 aromatic rings. The molecule has 3 nitrogen and oxygen atoms in total. The second kappa shape index (κ2) is 4.20. The van der Waals surface area contributed by atoms with E-state index in [0.717, 1.165) is 25.7 Å². The van der Waals surface area contributed by atoms with Gasteiger partial charge in [-0.05, 0) is 39.0 Å². The summed E-state index contributed by atoms with van der Waals surface area (Å²) in [5.41, 5.74) is -1.71. The Kier molecular flexibility index (Phi) is 3.15. The molecule has 0 aromatic carbocycles. The number of carbonyl (C=O) groups excluding carboxylic acids is 2. The summed E-state index contributed by atoms with van der Waals surface area (Å²) in [4.78, 5) is 24.0. The van der Waals surface area contributed by atoms with Crippen LogP contribution in [0.5, 0.6) is 0 Å². The predicted octanol–water partition coefficient (Wildman–Crippen LogP) is 2.26. The van der Waals surface area contributed by atoms with E-state index in [0.29, 0.717) is 19.3 Å². The molecule has 2 aliphatic carbocycles. The predicted molar refractivity (Wildman–Crippen MR) is 64.6 cm³/mol. The summed E-state index contributed by atoms with van der Waals surface area (Å²) in [5.74, 6) is -0.111. The number of carbonyl (C=O) groups is 2. The van der Waals surface area contributed by atoms with Gasteiger partial charge in [0.05, 0.1) is 11.0 Å². The lowest BCUT2D eigenvalue weighted by molar-refractivity contribution is -0.187. The molecule has 1 N–H and O–H groups in total. The summed E-state index contributed by atoms with van der Waals surface area (Å²) in [7, 11) is 0. The van der Waals surface area contributed by atoms with Crippen molar-refractivity contribution < 1.29 is 14.7 Å². The molecule has 0 saturated heterocycles. The van der Waals surface area contributed by atoms with Gasteiger partial charge in [-0.3, -0.25) is 9.59 Å². The molecule has 2 rings (SSSR count). The van der Waals surface area contributed by atoms with Crippen LogP contribution in [0.1, 0.15) is 58.8 Å². The molecule has 2 aliphatic rings. The molecule has 0 bridgehead atoms. The number of fused-ring (bicyclic) bond motifs is 1. The van der Waals surface area contributed by atoms with Crippen molar-refractivity contribution in [1.29, 1.82) is 0 Å². The molecule has 0 heterocycles. The first kappa shape index (κ1) is 12.7. The van der Waals surface area contributed by atoms with Gasteiger partial charge in [0.25, 0.3) is 0 Å². The van der Waals surface area contributed by atoms with Gasteiger partial charge in [-0.2, -0.15) is 0 Å². The molecule has 2 fully saturated rings. The molecule has 96 valence electrons. The van der Waals surface area contributed by atoms with Crippen LogP contribution in [0, 0.1) is 11.3 Å². The highest BCUT2D eigenvalue weighted by Gasteiger charge is 2.61. The highest BCUT2D eigenvalue weighted by Crippen LogP contribution is 2.55. The Morgan fingerprint density at radius 2 is 2.12 bits per heavy atom. The number of Topliss-reactive ketones (excluding diaryl/α,β-unsaturated/α-hetero) is 2. The lowest BCUT2D eigenvalue weighted by Crippen LogP contribution is -2.63. The average Bonchev–Trinajstić information content (AvgIpc) is 2.28. The van der Waals surface area contributed by atoms with E-state index in [1.54, 1.807) is 6.92 Å². The van der Waals surface area contributed by atoms with Crippen LogP contribution in [0.15, 0.2) is 0 Å². The second-order valence-electron chi connectivity index (χ2n) is 5.69. The summed E-state index contributed by atoms with van der Waals surface area (Å²) in [6.45, 7) is 3.52. The van der Waals surface area contributed by atoms with E-state index in [-0.39, 0.29) is 17.5 Å². The van der Waals surface area contributed by atoms with Crippen LogP contribution in [-0.2, 0) is 9.59 Å². The fourth-order valence-electron chi connectivity index (χ4n) is 4.17. The summed E-state index contributed by atoms with van der Waals surface area (Å²) < 4.78 is 0. The first-order valence-electron chi connectivity index (χ1n) is 6.74. The van der Waals surface area contributed by atoms with Crippen LogP contribution in [0.4, 0.5) is 0 Å². The van der Waals surface area contributed by atoms with E-state index in [4.69, 9.17) is 0 Å². The monoisotopic (exact) mass is 238 g/mol. The maximum atomic E-state index is 12.3. The zero-order valence-electron chi connectivity index (χ0n) is 10.8. The number of rotatable bonds is 2. The van der Waals surface area contributed by atoms with Crippen molar-refractivity contribution in [2.45, 2.75) is 64.4 Å². The van der Waals surface area contributed by atoms with Crippen molar-refractivity contribution in [3.8, 4) is 0 Å². The van der Waals surface area contributed by atoms with Gasteiger partial charge >= 0.3 is 0 Å². The van der Waals surface area contributed by atoms with Crippen LogP contribution in [-0.4, -0.2) is 22.3 Å². The summed E-state index contributed by atoms with van der Waals surface area (Å²) >= 11 is 0. The zero-order chi connectivity index (χ0) is 12.7. The van der Waals surface area contributed by atoms with Gasteiger partial charge in [-0.25, -0.2) is 0 Å². The third-order valence-corrected chi connectivity index (χ3v) is 5.09. The van der Waals surface area contributed by atoms with Gasteiger partial charge < -0.3 is 5.11 Å². The van der Waals surface area contributed by atoms with Gasteiger partial charge in [0, 0.05) is 12.3 Å². The second-order valence-corrected chi connectivity index (χ2v) is 5.69. The van der Waals surface area contributed by atoms with Crippen LogP contribution in [0.2, 0.25) is 0 Å². The summed E-state index contributed by atoms with van der Waals surface area (Å²) in [6.07, 6.45) is 4.93. The maximum Gasteiger partial charge on any atom is 0.141 e. The van der Waals surface area contributed by atoms with Crippen LogP contribution >= 0.6 is 0 Å². The molecule has 3 heteroatoms. The standard InChI is InChI=1S/C14H22O3/c1-3-13-8-4-6-11(10(2)15)14(13,17)9-5-7-12(13)16/h11,17H,3-9H2,1-2H3/t11-,13-,14+/m0/s1. The maximum absolute atomic E-state index is 12.3. The first-order valence-corrected chi connectivity index (χ1v) is 6.74. The van der Waals surface area contributed by atoms with Gasteiger partial charge in [-0.1, -0.05) is 13.3 Å². The number of hydrogen-bond acceptors (Lipinski definition) is 3. The van der Waals surface area contributed by atoms with Gasteiger partial charge in [0.2, 0.25) is 0 Å². The van der Waals surface area contributed by atoms with Gasteiger partial charge in [0.15, 0.2) is 0 Å². The Morgan fingerprint density at radius 1 is 1.41 bits per heavy atom. The zero-order valence-corrected chi connectivity index (χ0v) is 10.8. The van der Waals surface area contributed by atoms with E-state index in [2.05, 4.69) is 0 Å². The molecular formula is C14H22O3. The number of ketones is 2. The third-order valence-electron chi connectivity index (χ3n) is 5.09. The number of aliphatic hydroxyl groups is 1. The quantitative estimate of drug-likeness (QED) is 0.802. The minimum atomic E-state index is -1.07. The van der Waals surface area contributed by atoms with Crippen molar-refractivity contribution in [1.82, 2.24) is 0 Å². The van der Waals surface area contributed by atoms with Gasteiger partial charge in [0.1, 0.15) is 11.6 Å². The van der Waals surface area contributed by atoms with Gasteiger partial charge in [-0.15, -0.1) is 0 Å². The Balaban J connectivity index is 2.46. The van der Waals surface area contributed by atoms with E-state index in [9.17, 15) is 14.7 Å². The fraction of sp³-hybridized carbons (Fsp3) is 0.857. The first-order chi connectivity index (χ1) is 7.98. The van der Waals surface area contributed by atoms with Crippen molar-refractivity contribution in [2.24, 2.45) is 11.3 Å². The van der Waals surface area contributed by atoms with Crippen molar-refractivity contribution in [2.75, 3.05) is 0 Å². The molecule has 2 saturated carbocycles. The molecule has 0 radical (unpaired) electrons. The molecule has 0 spiro atoms. The third kappa shape index (κ3) is 1.59. The SMILES string of the molecule is CC[C@@]12CCC[C@@H](C(C)=O)[C@]1(O)CCCC2=O. The minimum Gasteiger partial charge on any atom is -0.388 e. The van der Waals surface area contributed by atoms with Crippen molar-refractivity contribution >= 4 is 11.6 Å². The van der Waals surface area contributed by atoms with Crippen LogP contribution < -0.4 is 0 Å². The van der Waals surface area contributed by atoms with Crippen molar-refractivity contribution in [3.63, 3.8) is 0 Å². The Hall–Kier alpha value is -0.700. The van der Waals surface area contributed by atoms with Crippen LogP contribution in [0.3, 0.4) is 0 Å². The smallest absolute Gasteiger partial charge is 0.141 e. The largest absolute Gasteiger partial charge is 0.388 e. The molecule has 0 aliphatic heterocycles. The summed E-state index contributed by atoms with van der Waals surface area (Å²) in [5, 5.41) is 11.0. The molecule has 0 aromatic heterocycles. The Morgan fingerprint density at radius 3 is 2.71 bits per heavy atom. The summed E-state index contributed by atoms with van der Waals surface area (Å²) in [6, 6.07) is 0. The van der Waals surface area contributed by atoms with Crippen molar-refractivity contribution in [3.05, 3.63) is 0 Å². The molecule has 0 amide bonds. The topological polar surface area (TPSA) is 54.4 Å². The van der Waals surface area contributed by atoms with E-state index >= 15 is 0 Å². The minimum absolute atomic E-state index is 0.0414. The van der Waals surface area contributed by atoms with E-state index < -0.39 is 11.0 Å². The normalized spacial score (nSPS) is 42.1. The molecule has 3 atom stereocenters. The Labute approximate surface area is 103 Å². The van der Waals surface area contributed by atoms with E-state index in [1.165, 1.54) is 0 Å². The number of hydrogen-bond donors (Lipinski definition) is 1. The lowest BCUT2D eigenvalue weighted by atomic mass is 9.50. The average molecular weight is 238 g/mol. The molecule has 17 heavy (non-hydrogen) atoms. The lowest BCUT2D eigenvalue weighted by Gasteiger charge is -2.55. The highest BCUT2D eigenvalue weighted by atomic mass is 16.3. The molecule has 0 unspecified atom stereocenters. The fourth-order valence-corrected chi connectivity index (χ4v) is 4.17. The van der Waals surface area contributed by atoms with E-state index in [1.807, 2.05) is 6.92 Å².